The van der Waals surface area contributed by atoms with Crippen molar-refractivity contribution in [3.8, 4) is 0 Å². The summed E-state index contributed by atoms with van der Waals surface area (Å²) in [6.45, 7) is 6.44. The molecular weight excluding hydrogens is 268 g/mol. The zero-order valence-corrected chi connectivity index (χ0v) is 12.7. The highest BCUT2D eigenvalue weighted by Crippen LogP contribution is 2.19. The summed E-state index contributed by atoms with van der Waals surface area (Å²) in [6, 6.07) is 7.48. The fourth-order valence-electron chi connectivity index (χ4n) is 1.80. The Morgan fingerprint density at radius 2 is 2.05 bits per heavy atom. The number of nitrogens with zero attached hydrogens (tertiary/aromatic N) is 2. The topological polar surface area (TPSA) is 79.9 Å². The van der Waals surface area contributed by atoms with Crippen molar-refractivity contribution in [1.82, 2.24) is 15.2 Å². The van der Waals surface area contributed by atoms with Crippen LogP contribution in [0.1, 0.15) is 42.8 Å². The number of hydrogen-bond acceptors (Lipinski definition) is 4. The third-order valence-corrected chi connectivity index (χ3v) is 2.96. The van der Waals surface area contributed by atoms with Crippen LogP contribution in [0.5, 0.6) is 0 Å². The molecule has 1 aromatic heterocycles. The van der Waals surface area contributed by atoms with Crippen LogP contribution in [0.2, 0.25) is 0 Å². The number of methoxy groups -OCH3 is 1. The van der Waals surface area contributed by atoms with E-state index in [0.29, 0.717) is 18.1 Å². The summed E-state index contributed by atoms with van der Waals surface area (Å²) in [7, 11) is 1.61. The van der Waals surface area contributed by atoms with Crippen molar-refractivity contribution in [3.63, 3.8) is 0 Å². The molecule has 0 fully saturated rings. The van der Waals surface area contributed by atoms with E-state index >= 15 is 0 Å². The average Bonchev–Trinajstić information content (AvgIpc) is 2.91. The van der Waals surface area contributed by atoms with Gasteiger partial charge >= 0.3 is 0 Å². The summed E-state index contributed by atoms with van der Waals surface area (Å²) in [5.74, 6) is 0.468. The fraction of sp³-hybridized carbons (Fsp3) is 0.400. The van der Waals surface area contributed by atoms with Gasteiger partial charge < -0.3 is 10.1 Å². The maximum atomic E-state index is 12.2. The minimum absolute atomic E-state index is 0.132. The molecule has 1 heterocycles. The van der Waals surface area contributed by atoms with Gasteiger partial charge in [0, 0.05) is 23.8 Å². The Labute approximate surface area is 123 Å². The van der Waals surface area contributed by atoms with Gasteiger partial charge in [0.2, 0.25) is 5.82 Å². The zero-order valence-electron chi connectivity index (χ0n) is 12.7. The third-order valence-electron chi connectivity index (χ3n) is 2.96. The minimum atomic E-state index is -0.342. The van der Waals surface area contributed by atoms with Gasteiger partial charge in [-0.1, -0.05) is 39.0 Å². The number of hydrogen-bond donors (Lipinski definition) is 2. The lowest BCUT2D eigenvalue weighted by Crippen LogP contribution is -2.16. The molecule has 0 saturated heterocycles. The second kappa shape index (κ2) is 6.05. The molecule has 0 saturated carbocycles. The van der Waals surface area contributed by atoms with E-state index in [-0.39, 0.29) is 17.1 Å². The molecule has 0 aliphatic heterocycles. The molecule has 1 amide bonds. The van der Waals surface area contributed by atoms with Crippen LogP contribution in [0.4, 0.5) is 5.69 Å². The minimum Gasteiger partial charge on any atom is -0.380 e. The summed E-state index contributed by atoms with van der Waals surface area (Å²) in [5.41, 5.74) is 1.42. The SMILES string of the molecule is COCc1ccccc1NC(=O)c1n[nH]c(C(C)(C)C)n1. The van der Waals surface area contributed by atoms with E-state index in [2.05, 4.69) is 20.5 Å². The Morgan fingerprint density at radius 3 is 2.67 bits per heavy atom. The molecule has 0 bridgehead atoms. The summed E-state index contributed by atoms with van der Waals surface area (Å²) in [5, 5.41) is 9.59. The first kappa shape index (κ1) is 15.2. The van der Waals surface area contributed by atoms with Crippen molar-refractivity contribution in [1.29, 1.82) is 0 Å². The van der Waals surface area contributed by atoms with Crippen LogP contribution < -0.4 is 5.32 Å². The first-order chi connectivity index (χ1) is 9.91. The molecule has 0 radical (unpaired) electrons. The van der Waals surface area contributed by atoms with Crippen molar-refractivity contribution in [3.05, 3.63) is 41.5 Å². The quantitative estimate of drug-likeness (QED) is 0.906. The molecule has 6 heteroatoms. The maximum Gasteiger partial charge on any atom is 0.295 e. The molecule has 0 aliphatic carbocycles. The number of carbonyl (C=O) groups is 1. The van der Waals surface area contributed by atoms with Gasteiger partial charge in [-0.05, 0) is 6.07 Å². The van der Waals surface area contributed by atoms with Crippen LogP contribution in [-0.2, 0) is 16.8 Å². The van der Waals surface area contributed by atoms with E-state index in [0.717, 1.165) is 5.56 Å². The third kappa shape index (κ3) is 3.66. The van der Waals surface area contributed by atoms with Crippen molar-refractivity contribution in [2.45, 2.75) is 32.8 Å². The van der Waals surface area contributed by atoms with Crippen molar-refractivity contribution in [2.24, 2.45) is 0 Å². The molecule has 0 spiro atoms. The number of nitrogens with one attached hydrogen (secondary N) is 2. The van der Waals surface area contributed by atoms with Gasteiger partial charge in [-0.15, -0.1) is 5.10 Å². The zero-order chi connectivity index (χ0) is 15.5. The highest BCUT2D eigenvalue weighted by atomic mass is 16.5. The number of aromatic nitrogens is 3. The second-order valence-electron chi connectivity index (χ2n) is 5.80. The number of carbonyl (C=O) groups excluding carboxylic acids is 1. The first-order valence-corrected chi connectivity index (χ1v) is 6.73. The molecule has 0 unspecified atom stereocenters. The Hall–Kier alpha value is -2.21. The number of aromatic amines is 1. The number of anilines is 1. The molecular formula is C15H20N4O2. The number of ether oxygens (including phenoxy) is 1. The smallest absolute Gasteiger partial charge is 0.295 e. The lowest BCUT2D eigenvalue weighted by atomic mass is 9.96. The molecule has 0 aliphatic rings. The van der Waals surface area contributed by atoms with Gasteiger partial charge in [0.1, 0.15) is 5.82 Å². The van der Waals surface area contributed by atoms with Crippen molar-refractivity contribution < 1.29 is 9.53 Å². The molecule has 2 rings (SSSR count). The van der Waals surface area contributed by atoms with Crippen LogP contribution in [0, 0.1) is 0 Å². The van der Waals surface area contributed by atoms with E-state index in [4.69, 9.17) is 4.74 Å². The Bertz CT molecular complexity index is 629. The lowest BCUT2D eigenvalue weighted by Gasteiger charge is -2.12. The Kier molecular flexibility index (Phi) is 4.37. The van der Waals surface area contributed by atoms with Crippen LogP contribution >= 0.6 is 0 Å². The summed E-state index contributed by atoms with van der Waals surface area (Å²) >= 11 is 0. The van der Waals surface area contributed by atoms with Crippen molar-refractivity contribution >= 4 is 11.6 Å². The molecule has 6 nitrogen and oxygen atoms in total. The Morgan fingerprint density at radius 1 is 1.33 bits per heavy atom. The van der Waals surface area contributed by atoms with E-state index in [9.17, 15) is 4.79 Å². The van der Waals surface area contributed by atoms with E-state index < -0.39 is 0 Å². The van der Waals surface area contributed by atoms with Gasteiger partial charge in [-0.25, -0.2) is 4.98 Å². The maximum absolute atomic E-state index is 12.2. The van der Waals surface area contributed by atoms with E-state index in [1.54, 1.807) is 7.11 Å². The largest absolute Gasteiger partial charge is 0.380 e. The number of para-hydroxylation sites is 1. The highest BCUT2D eigenvalue weighted by Gasteiger charge is 2.21. The van der Waals surface area contributed by atoms with Crippen LogP contribution in [0.25, 0.3) is 0 Å². The monoisotopic (exact) mass is 288 g/mol. The van der Waals surface area contributed by atoms with Gasteiger partial charge in [-0.3, -0.25) is 9.89 Å². The van der Waals surface area contributed by atoms with E-state index in [1.807, 2.05) is 45.0 Å². The van der Waals surface area contributed by atoms with Crippen LogP contribution in [0.3, 0.4) is 0 Å². The number of amides is 1. The molecule has 0 atom stereocenters. The summed E-state index contributed by atoms with van der Waals surface area (Å²) in [4.78, 5) is 16.5. The molecule has 112 valence electrons. The normalized spacial score (nSPS) is 11.4. The summed E-state index contributed by atoms with van der Waals surface area (Å²) in [6.07, 6.45) is 0. The van der Waals surface area contributed by atoms with Gasteiger partial charge in [-0.2, -0.15) is 0 Å². The highest BCUT2D eigenvalue weighted by molar-refractivity contribution is 6.01. The van der Waals surface area contributed by atoms with E-state index in [1.165, 1.54) is 0 Å². The number of H-pyrrole nitrogens is 1. The standard InChI is InChI=1S/C15H20N4O2/c1-15(2,3)14-17-12(18-19-14)13(20)16-11-8-6-5-7-10(11)9-21-4/h5-8H,9H2,1-4H3,(H,16,20)(H,17,18,19). The van der Waals surface area contributed by atoms with Gasteiger partial charge in [0.15, 0.2) is 0 Å². The van der Waals surface area contributed by atoms with Crippen LogP contribution in [-0.4, -0.2) is 28.2 Å². The van der Waals surface area contributed by atoms with Gasteiger partial charge in [0.25, 0.3) is 5.91 Å². The molecule has 21 heavy (non-hydrogen) atoms. The van der Waals surface area contributed by atoms with Crippen LogP contribution in [0.15, 0.2) is 24.3 Å². The molecule has 2 aromatic rings. The number of rotatable bonds is 4. The predicted molar refractivity (Wildman–Crippen MR) is 80.2 cm³/mol. The summed E-state index contributed by atoms with van der Waals surface area (Å²) < 4.78 is 5.12. The molecule has 2 N–H and O–H groups in total. The average molecular weight is 288 g/mol. The predicted octanol–water partition coefficient (Wildman–Crippen LogP) is 2.50. The fourth-order valence-corrected chi connectivity index (χ4v) is 1.80. The first-order valence-electron chi connectivity index (χ1n) is 6.73. The lowest BCUT2D eigenvalue weighted by molar-refractivity contribution is 0.101. The molecule has 1 aromatic carbocycles. The Balaban J connectivity index is 2.17. The van der Waals surface area contributed by atoms with Gasteiger partial charge in [0.05, 0.1) is 6.61 Å². The van der Waals surface area contributed by atoms with Crippen molar-refractivity contribution in [2.75, 3.05) is 12.4 Å². The number of benzene rings is 1. The second-order valence-corrected chi connectivity index (χ2v) is 5.80.